The molecular weight excluding hydrogens is 478 g/mol. The molecule has 0 saturated carbocycles. The molecule has 0 rings (SSSR count). The van der Waals surface area contributed by atoms with Gasteiger partial charge in [0.25, 0.3) is 0 Å². The van der Waals surface area contributed by atoms with Crippen molar-refractivity contribution in [3.05, 3.63) is 0 Å². The smallest absolute Gasteiger partial charge is 0.323 e. The highest BCUT2D eigenvalue weighted by molar-refractivity contribution is 6.87. The maximum absolute atomic E-state index is 9.96. The molecule has 0 aromatic heterocycles. The average Bonchev–Trinajstić information content (AvgIpc) is 2.62. The molecule has 0 aliphatic carbocycles. The van der Waals surface area contributed by atoms with Crippen LogP contribution in [0, 0.1) is 0 Å². The Morgan fingerprint density at radius 3 is 2.06 bits per heavy atom. The van der Waals surface area contributed by atoms with Gasteiger partial charge in [0.05, 0.1) is 18.8 Å². The van der Waals surface area contributed by atoms with Gasteiger partial charge in [-0.15, -0.1) is 0 Å². The van der Waals surface area contributed by atoms with E-state index in [2.05, 4.69) is 24.6 Å². The third kappa shape index (κ3) is 17.1. The predicted molar refractivity (Wildman–Crippen MR) is 139 cm³/mol. The monoisotopic (exact) mass is 527 g/mol. The molecule has 0 bridgehead atoms. The molecule has 0 saturated heterocycles. The molecule has 0 radical (unpaired) electrons. The van der Waals surface area contributed by atoms with E-state index in [1.165, 1.54) is 0 Å². The molecule has 33 heavy (non-hydrogen) atoms. The standard InChI is InChI=1S/C21H49NO8Si3/c1-21(2,3)28-32(6,7)30-33(8,29-31(4,5)15-9-12-23)16-10-14-27-18-20(26)22-19(17-25)11-13-24/h20,23-26H,9-18H2,1-8H3/b22-19-. The fourth-order valence-electron chi connectivity index (χ4n) is 3.79. The molecule has 9 nitrogen and oxygen atoms in total. The SMILES string of the molecule is CC(C)(C)O[Si](C)(C)O[Si](C)(CCCOCC(O)/N=C(\CO)CCO)O[Si](C)(C)CCCO. The zero-order chi connectivity index (χ0) is 25.8. The number of nitrogens with zero attached hydrogens (tertiary/aromatic N) is 1. The zero-order valence-electron chi connectivity index (χ0n) is 22.0. The minimum absolute atomic E-state index is 0.0129. The Balaban J connectivity index is 5.03. The summed E-state index contributed by atoms with van der Waals surface area (Å²) in [4.78, 5) is 3.96. The number of rotatable bonds is 18. The molecule has 0 aliphatic heterocycles. The van der Waals surface area contributed by atoms with Crippen LogP contribution in [0.3, 0.4) is 0 Å². The van der Waals surface area contributed by atoms with Gasteiger partial charge < -0.3 is 37.8 Å². The van der Waals surface area contributed by atoms with Crippen molar-refractivity contribution in [2.45, 2.75) is 96.7 Å². The van der Waals surface area contributed by atoms with Crippen LogP contribution in [0.5, 0.6) is 0 Å². The maximum atomic E-state index is 9.96. The number of aliphatic imine (C=N–C) groups is 1. The van der Waals surface area contributed by atoms with Crippen LogP contribution in [0.2, 0.25) is 44.8 Å². The average molecular weight is 528 g/mol. The van der Waals surface area contributed by atoms with Crippen LogP contribution in [0.1, 0.15) is 40.0 Å². The number of ether oxygens (including phenoxy) is 1. The van der Waals surface area contributed by atoms with Gasteiger partial charge in [-0.1, -0.05) is 0 Å². The van der Waals surface area contributed by atoms with Crippen LogP contribution >= 0.6 is 0 Å². The van der Waals surface area contributed by atoms with E-state index in [1.54, 1.807) is 0 Å². The molecule has 0 aromatic rings. The van der Waals surface area contributed by atoms with E-state index in [-0.39, 0.29) is 38.4 Å². The minimum atomic E-state index is -2.60. The van der Waals surface area contributed by atoms with Gasteiger partial charge in [-0.05, 0) is 78.4 Å². The molecule has 0 fully saturated rings. The van der Waals surface area contributed by atoms with Crippen molar-refractivity contribution in [1.82, 2.24) is 0 Å². The predicted octanol–water partition coefficient (Wildman–Crippen LogP) is 2.74. The fraction of sp³-hybridized carbons (Fsp3) is 0.952. The van der Waals surface area contributed by atoms with E-state index in [4.69, 9.17) is 22.5 Å². The topological polar surface area (TPSA) is 130 Å². The van der Waals surface area contributed by atoms with Crippen molar-refractivity contribution in [2.24, 2.45) is 4.99 Å². The van der Waals surface area contributed by atoms with Crippen LogP contribution in [0.4, 0.5) is 0 Å². The summed E-state index contributed by atoms with van der Waals surface area (Å²) in [7, 11) is -7.09. The Bertz CT molecular complexity index is 572. The second kappa shape index (κ2) is 15.2. The quantitative estimate of drug-likeness (QED) is 0.122. The Morgan fingerprint density at radius 2 is 1.55 bits per heavy atom. The second-order valence-corrected chi connectivity index (χ2v) is 21.9. The molecule has 4 N–H and O–H groups in total. The number of aliphatic hydroxyl groups excluding tert-OH is 4. The van der Waals surface area contributed by atoms with Gasteiger partial charge in [-0.2, -0.15) is 0 Å². The van der Waals surface area contributed by atoms with Crippen molar-refractivity contribution >= 4 is 31.2 Å². The molecule has 0 spiro atoms. The first-order chi connectivity index (χ1) is 15.1. The maximum Gasteiger partial charge on any atom is 0.323 e. The first-order valence-corrected chi connectivity index (χ1v) is 20.3. The van der Waals surface area contributed by atoms with Gasteiger partial charge in [-0.3, -0.25) is 4.99 Å². The lowest BCUT2D eigenvalue weighted by Gasteiger charge is -2.42. The summed E-state index contributed by atoms with van der Waals surface area (Å²) in [5.74, 6) is 0. The van der Waals surface area contributed by atoms with Crippen molar-refractivity contribution in [2.75, 3.05) is 33.0 Å². The summed E-state index contributed by atoms with van der Waals surface area (Å²) in [5, 5.41) is 37.3. The highest BCUT2D eigenvalue weighted by Crippen LogP contribution is 2.30. The molecule has 0 aromatic carbocycles. The van der Waals surface area contributed by atoms with Crippen LogP contribution < -0.4 is 0 Å². The van der Waals surface area contributed by atoms with Crippen molar-refractivity contribution in [3.8, 4) is 0 Å². The Labute approximate surface area is 203 Å². The first kappa shape index (κ1) is 33.0. The van der Waals surface area contributed by atoms with Crippen LogP contribution in [0.15, 0.2) is 4.99 Å². The van der Waals surface area contributed by atoms with E-state index < -0.39 is 31.7 Å². The Morgan fingerprint density at radius 1 is 0.909 bits per heavy atom. The van der Waals surface area contributed by atoms with Crippen LogP contribution in [-0.4, -0.2) is 96.4 Å². The number of hydrogen-bond acceptors (Lipinski definition) is 9. The lowest BCUT2D eigenvalue weighted by atomic mass is 10.2. The van der Waals surface area contributed by atoms with Gasteiger partial charge in [-0.25, -0.2) is 0 Å². The van der Waals surface area contributed by atoms with Gasteiger partial charge in [0.15, 0.2) is 14.5 Å². The Hall–Kier alpha value is 0.000649. The third-order valence-corrected chi connectivity index (χ3v) is 16.1. The number of hydrogen-bond donors (Lipinski definition) is 4. The molecule has 0 aliphatic rings. The van der Waals surface area contributed by atoms with Crippen LogP contribution in [0.25, 0.3) is 0 Å². The summed E-state index contributed by atoms with van der Waals surface area (Å²) in [6.45, 7) is 16.7. The van der Waals surface area contributed by atoms with Gasteiger partial charge in [0, 0.05) is 32.0 Å². The third-order valence-electron chi connectivity index (χ3n) is 4.54. The molecule has 12 heteroatoms. The lowest BCUT2D eigenvalue weighted by molar-refractivity contribution is 0.0407. The molecular formula is C21H49NO8Si3. The summed E-state index contributed by atoms with van der Waals surface area (Å²) in [6.07, 6.45) is 0.563. The zero-order valence-corrected chi connectivity index (χ0v) is 25.0. The van der Waals surface area contributed by atoms with E-state index >= 15 is 0 Å². The van der Waals surface area contributed by atoms with Crippen LogP contribution in [-0.2, 0) is 17.4 Å². The summed E-state index contributed by atoms with van der Waals surface area (Å²) < 4.78 is 25.2. The highest BCUT2D eigenvalue weighted by Gasteiger charge is 2.44. The number of aliphatic hydroxyl groups is 4. The van der Waals surface area contributed by atoms with E-state index in [0.29, 0.717) is 18.7 Å². The summed E-state index contributed by atoms with van der Waals surface area (Å²) >= 11 is 0. The van der Waals surface area contributed by atoms with Gasteiger partial charge in [0.2, 0.25) is 0 Å². The lowest BCUT2D eigenvalue weighted by Crippen LogP contribution is -2.56. The van der Waals surface area contributed by atoms with Gasteiger partial charge in [0.1, 0.15) is 0 Å². The minimum Gasteiger partial charge on any atom is -0.436 e. The van der Waals surface area contributed by atoms with E-state index in [1.807, 2.05) is 33.9 Å². The van der Waals surface area contributed by atoms with Crippen molar-refractivity contribution in [3.63, 3.8) is 0 Å². The summed E-state index contributed by atoms with van der Waals surface area (Å²) in [6, 6.07) is 1.58. The van der Waals surface area contributed by atoms with E-state index in [9.17, 15) is 15.3 Å². The van der Waals surface area contributed by atoms with Gasteiger partial charge >= 0.3 is 17.1 Å². The van der Waals surface area contributed by atoms with E-state index in [0.717, 1.165) is 18.5 Å². The molecule has 0 amide bonds. The normalized spacial score (nSPS) is 16.7. The van der Waals surface area contributed by atoms with Crippen molar-refractivity contribution < 1.29 is 37.8 Å². The first-order valence-electron chi connectivity index (χ1n) is 11.8. The summed E-state index contributed by atoms with van der Waals surface area (Å²) in [5.41, 5.74) is 0.0365. The molecule has 0 heterocycles. The van der Waals surface area contributed by atoms with Crippen molar-refractivity contribution in [1.29, 1.82) is 0 Å². The fourth-order valence-corrected chi connectivity index (χ4v) is 17.8. The second-order valence-electron chi connectivity index (χ2n) is 10.5. The highest BCUT2D eigenvalue weighted by atomic mass is 28.5. The Kier molecular flexibility index (Phi) is 15.2. The largest absolute Gasteiger partial charge is 0.436 e. The molecule has 2 unspecified atom stereocenters. The molecule has 2 atom stereocenters. The molecule has 198 valence electrons.